The van der Waals surface area contributed by atoms with Gasteiger partial charge in [0.1, 0.15) is 5.82 Å². The standard InChI is InChI=1S/C15H11N3/c1-10-16-15-13-8-3-2-6-11(13)12-7-4-5-9-14(12)18(15)17-10/h2-9H,1H3. The summed E-state index contributed by atoms with van der Waals surface area (Å²) in [7, 11) is 0. The largest absolute Gasteiger partial charge is 0.212 e. The van der Waals surface area contributed by atoms with Crippen LogP contribution in [0, 0.1) is 6.92 Å². The molecule has 4 rings (SSSR count). The fraction of sp³-hybridized carbons (Fsp3) is 0.0667. The smallest absolute Gasteiger partial charge is 0.164 e. The first-order valence-electron chi connectivity index (χ1n) is 5.97. The Bertz CT molecular complexity index is 817. The van der Waals surface area contributed by atoms with Crippen molar-refractivity contribution in [3.05, 3.63) is 54.4 Å². The summed E-state index contributed by atoms with van der Waals surface area (Å²) in [6.45, 7) is 1.93. The lowest BCUT2D eigenvalue weighted by atomic mass is 10.1. The van der Waals surface area contributed by atoms with E-state index in [1.165, 1.54) is 10.8 Å². The summed E-state index contributed by atoms with van der Waals surface area (Å²) in [4.78, 5) is 4.54. The molecule has 3 nitrogen and oxygen atoms in total. The Morgan fingerprint density at radius 3 is 2.33 bits per heavy atom. The van der Waals surface area contributed by atoms with Gasteiger partial charge in [0.2, 0.25) is 0 Å². The molecule has 0 atom stereocenters. The highest BCUT2D eigenvalue weighted by atomic mass is 15.3. The second kappa shape index (κ2) is 3.29. The van der Waals surface area contributed by atoms with Gasteiger partial charge >= 0.3 is 0 Å². The van der Waals surface area contributed by atoms with E-state index in [0.717, 1.165) is 22.4 Å². The molecular weight excluding hydrogens is 222 g/mol. The van der Waals surface area contributed by atoms with Crippen molar-refractivity contribution in [2.45, 2.75) is 6.92 Å². The van der Waals surface area contributed by atoms with Crippen LogP contribution in [0.2, 0.25) is 0 Å². The maximum absolute atomic E-state index is 4.54. The highest BCUT2D eigenvalue weighted by Gasteiger charge is 2.10. The minimum absolute atomic E-state index is 0.802. The molecule has 2 aromatic heterocycles. The van der Waals surface area contributed by atoms with Crippen molar-refractivity contribution < 1.29 is 0 Å². The number of hydrogen-bond acceptors (Lipinski definition) is 2. The number of fused-ring (bicyclic) bond motifs is 6. The molecule has 18 heavy (non-hydrogen) atoms. The van der Waals surface area contributed by atoms with Gasteiger partial charge in [-0.2, -0.15) is 5.10 Å². The van der Waals surface area contributed by atoms with Crippen molar-refractivity contribution in [2.75, 3.05) is 0 Å². The van der Waals surface area contributed by atoms with E-state index in [1.54, 1.807) is 0 Å². The highest BCUT2D eigenvalue weighted by molar-refractivity contribution is 6.11. The Labute approximate surface area is 104 Å². The van der Waals surface area contributed by atoms with Crippen LogP contribution in [0.25, 0.3) is 27.3 Å². The van der Waals surface area contributed by atoms with Gasteiger partial charge in [0.25, 0.3) is 0 Å². The van der Waals surface area contributed by atoms with Gasteiger partial charge in [-0.05, 0) is 18.4 Å². The molecule has 0 bridgehead atoms. The van der Waals surface area contributed by atoms with E-state index in [9.17, 15) is 0 Å². The first-order valence-corrected chi connectivity index (χ1v) is 5.97. The molecule has 0 fully saturated rings. The van der Waals surface area contributed by atoms with Crippen molar-refractivity contribution in [2.24, 2.45) is 0 Å². The second-order valence-corrected chi connectivity index (χ2v) is 4.46. The molecular formula is C15H11N3. The molecule has 3 heteroatoms. The lowest BCUT2D eigenvalue weighted by Gasteiger charge is -2.05. The monoisotopic (exact) mass is 233 g/mol. The van der Waals surface area contributed by atoms with Crippen LogP contribution in [0.4, 0.5) is 0 Å². The topological polar surface area (TPSA) is 30.2 Å². The maximum Gasteiger partial charge on any atom is 0.164 e. The summed E-state index contributed by atoms with van der Waals surface area (Å²) in [6, 6.07) is 16.7. The molecule has 0 radical (unpaired) electrons. The van der Waals surface area contributed by atoms with Crippen LogP contribution in [-0.2, 0) is 0 Å². The number of hydrogen-bond donors (Lipinski definition) is 0. The molecule has 86 valence electrons. The zero-order valence-corrected chi connectivity index (χ0v) is 9.96. The van der Waals surface area contributed by atoms with Crippen molar-refractivity contribution >= 4 is 27.3 Å². The normalized spacial score (nSPS) is 11.6. The summed E-state index contributed by atoms with van der Waals surface area (Å²) < 4.78 is 1.94. The van der Waals surface area contributed by atoms with Crippen LogP contribution in [0.3, 0.4) is 0 Å². The molecule has 0 saturated carbocycles. The van der Waals surface area contributed by atoms with Crippen molar-refractivity contribution in [3.63, 3.8) is 0 Å². The Morgan fingerprint density at radius 2 is 1.50 bits per heavy atom. The Kier molecular flexibility index (Phi) is 1.75. The van der Waals surface area contributed by atoms with Gasteiger partial charge in [0, 0.05) is 10.8 Å². The summed E-state index contributed by atoms with van der Waals surface area (Å²) in [6.07, 6.45) is 0. The average molecular weight is 233 g/mol. The van der Waals surface area contributed by atoms with Crippen LogP contribution in [0.15, 0.2) is 48.5 Å². The number of nitrogens with zero attached hydrogens (tertiary/aromatic N) is 3. The number of rotatable bonds is 0. The molecule has 0 aliphatic carbocycles. The molecule has 0 saturated heterocycles. The Balaban J connectivity index is 2.45. The zero-order chi connectivity index (χ0) is 12.1. The van der Waals surface area contributed by atoms with Gasteiger partial charge in [-0.3, -0.25) is 0 Å². The number of para-hydroxylation sites is 1. The fourth-order valence-electron chi connectivity index (χ4n) is 2.56. The van der Waals surface area contributed by atoms with E-state index < -0.39 is 0 Å². The third kappa shape index (κ3) is 1.13. The average Bonchev–Trinajstić information content (AvgIpc) is 2.81. The molecule has 4 aromatic rings. The number of benzene rings is 2. The van der Waals surface area contributed by atoms with E-state index >= 15 is 0 Å². The molecule has 0 amide bonds. The SMILES string of the molecule is Cc1nc2c3ccccc3c3ccccc3n2n1. The van der Waals surface area contributed by atoms with Crippen LogP contribution in [0.1, 0.15) is 5.82 Å². The molecule has 0 unspecified atom stereocenters. The van der Waals surface area contributed by atoms with Gasteiger partial charge < -0.3 is 0 Å². The van der Waals surface area contributed by atoms with Gasteiger partial charge in [-0.25, -0.2) is 9.50 Å². The Hall–Kier alpha value is -2.42. The number of aryl methyl sites for hydroxylation is 1. The van der Waals surface area contributed by atoms with E-state index in [0.29, 0.717) is 0 Å². The molecule has 2 heterocycles. The molecule has 2 aromatic carbocycles. The quantitative estimate of drug-likeness (QED) is 0.436. The van der Waals surface area contributed by atoms with Gasteiger partial charge in [-0.15, -0.1) is 0 Å². The molecule has 0 spiro atoms. The zero-order valence-electron chi connectivity index (χ0n) is 9.96. The predicted octanol–water partition coefficient (Wildman–Crippen LogP) is 3.34. The Morgan fingerprint density at radius 1 is 0.833 bits per heavy atom. The lowest BCUT2D eigenvalue weighted by Crippen LogP contribution is -1.92. The second-order valence-electron chi connectivity index (χ2n) is 4.46. The lowest BCUT2D eigenvalue weighted by molar-refractivity contribution is 0.967. The summed E-state index contributed by atoms with van der Waals surface area (Å²) in [5, 5.41) is 8.09. The van der Waals surface area contributed by atoms with Crippen molar-refractivity contribution in [3.8, 4) is 0 Å². The summed E-state index contributed by atoms with van der Waals surface area (Å²) >= 11 is 0. The first kappa shape index (κ1) is 9.59. The highest BCUT2D eigenvalue weighted by Crippen LogP contribution is 2.27. The molecule has 0 N–H and O–H groups in total. The predicted molar refractivity (Wildman–Crippen MR) is 72.7 cm³/mol. The van der Waals surface area contributed by atoms with Gasteiger partial charge in [-0.1, -0.05) is 42.5 Å². The molecule has 0 aliphatic rings. The fourth-order valence-corrected chi connectivity index (χ4v) is 2.56. The van der Waals surface area contributed by atoms with Crippen LogP contribution in [0.5, 0.6) is 0 Å². The van der Waals surface area contributed by atoms with E-state index in [-0.39, 0.29) is 0 Å². The third-order valence-corrected chi connectivity index (χ3v) is 3.30. The minimum Gasteiger partial charge on any atom is -0.212 e. The van der Waals surface area contributed by atoms with E-state index in [2.05, 4.69) is 46.5 Å². The van der Waals surface area contributed by atoms with E-state index in [1.807, 2.05) is 23.6 Å². The third-order valence-electron chi connectivity index (χ3n) is 3.30. The number of aromatic nitrogens is 3. The maximum atomic E-state index is 4.54. The first-order chi connectivity index (χ1) is 8.84. The molecule has 0 aliphatic heterocycles. The van der Waals surface area contributed by atoms with Gasteiger partial charge in [0.05, 0.1) is 5.52 Å². The summed E-state index contributed by atoms with van der Waals surface area (Å²) in [5.74, 6) is 0.802. The van der Waals surface area contributed by atoms with E-state index in [4.69, 9.17) is 0 Å². The number of pyridine rings is 1. The summed E-state index contributed by atoms with van der Waals surface area (Å²) in [5.41, 5.74) is 2.04. The van der Waals surface area contributed by atoms with Crippen molar-refractivity contribution in [1.29, 1.82) is 0 Å². The van der Waals surface area contributed by atoms with Gasteiger partial charge in [0.15, 0.2) is 5.65 Å². The van der Waals surface area contributed by atoms with Crippen LogP contribution in [-0.4, -0.2) is 14.6 Å². The minimum atomic E-state index is 0.802. The van der Waals surface area contributed by atoms with Crippen LogP contribution >= 0.6 is 0 Å². The van der Waals surface area contributed by atoms with Crippen LogP contribution < -0.4 is 0 Å². The van der Waals surface area contributed by atoms with Crippen molar-refractivity contribution in [1.82, 2.24) is 14.6 Å².